The highest BCUT2D eigenvalue weighted by Gasteiger charge is 2.37. The molecule has 2 aliphatic heterocycles. The zero-order chi connectivity index (χ0) is 13.0. The van der Waals surface area contributed by atoms with E-state index in [0.29, 0.717) is 17.9 Å². The van der Waals surface area contributed by atoms with Gasteiger partial charge in [-0.15, -0.1) is 0 Å². The smallest absolute Gasteiger partial charge is 0.225 e. The van der Waals surface area contributed by atoms with Gasteiger partial charge in [-0.1, -0.05) is 26.7 Å². The predicted molar refractivity (Wildman–Crippen MR) is 74.4 cm³/mol. The van der Waals surface area contributed by atoms with Gasteiger partial charge in [0.1, 0.15) is 0 Å². The quantitative estimate of drug-likeness (QED) is 0.815. The first-order valence-corrected chi connectivity index (χ1v) is 7.78. The van der Waals surface area contributed by atoms with E-state index in [1.807, 2.05) is 0 Å². The molecule has 2 fully saturated rings. The van der Waals surface area contributed by atoms with Crippen molar-refractivity contribution < 1.29 is 4.79 Å². The van der Waals surface area contributed by atoms with Crippen LogP contribution in [0.25, 0.3) is 0 Å². The molecule has 2 heterocycles. The van der Waals surface area contributed by atoms with Crippen molar-refractivity contribution in [2.24, 2.45) is 11.8 Å². The van der Waals surface area contributed by atoms with Gasteiger partial charge < -0.3 is 10.2 Å². The number of hydrogen-bond acceptors (Lipinski definition) is 2. The van der Waals surface area contributed by atoms with Crippen LogP contribution in [0, 0.1) is 11.8 Å². The zero-order valence-electron chi connectivity index (χ0n) is 12.0. The molecular weight excluding hydrogens is 224 g/mol. The molecule has 0 aromatic heterocycles. The zero-order valence-corrected chi connectivity index (χ0v) is 12.0. The largest absolute Gasteiger partial charge is 0.341 e. The van der Waals surface area contributed by atoms with Crippen molar-refractivity contribution in [2.45, 2.75) is 58.4 Å². The monoisotopic (exact) mass is 252 g/mol. The number of carbonyl (C=O) groups is 1. The number of unbranched alkanes of at least 4 members (excludes halogenated alkanes) is 1. The molecule has 3 unspecified atom stereocenters. The Hall–Kier alpha value is -0.570. The lowest BCUT2D eigenvalue weighted by atomic mass is 9.94. The molecule has 1 N–H and O–H groups in total. The summed E-state index contributed by atoms with van der Waals surface area (Å²) >= 11 is 0. The summed E-state index contributed by atoms with van der Waals surface area (Å²) in [6, 6.07) is 0.575. The summed E-state index contributed by atoms with van der Waals surface area (Å²) in [6.45, 7) is 7.44. The maximum absolute atomic E-state index is 12.5. The average molecular weight is 252 g/mol. The highest BCUT2D eigenvalue weighted by atomic mass is 16.2. The molecule has 0 aromatic carbocycles. The van der Waals surface area contributed by atoms with Crippen LogP contribution < -0.4 is 5.32 Å². The lowest BCUT2D eigenvalue weighted by molar-refractivity contribution is -0.135. The molecule has 0 radical (unpaired) electrons. The number of carbonyl (C=O) groups excluding carboxylic acids is 1. The van der Waals surface area contributed by atoms with Crippen molar-refractivity contribution in [1.82, 2.24) is 10.2 Å². The number of nitrogens with one attached hydrogen (secondary N) is 1. The Morgan fingerprint density at radius 1 is 1.39 bits per heavy atom. The van der Waals surface area contributed by atoms with Crippen molar-refractivity contribution >= 4 is 5.91 Å². The molecule has 1 amide bonds. The molecular formula is C15H28N2O. The topological polar surface area (TPSA) is 32.3 Å². The van der Waals surface area contributed by atoms with Crippen LogP contribution >= 0.6 is 0 Å². The number of hydrogen-bond donors (Lipinski definition) is 1. The number of likely N-dealkylation sites (tertiary alicyclic amines) is 1. The Morgan fingerprint density at radius 2 is 2.22 bits per heavy atom. The molecule has 0 aliphatic carbocycles. The van der Waals surface area contributed by atoms with Gasteiger partial charge in [-0.25, -0.2) is 0 Å². The fourth-order valence-electron chi connectivity index (χ4n) is 3.44. The molecule has 18 heavy (non-hydrogen) atoms. The van der Waals surface area contributed by atoms with Crippen molar-refractivity contribution in [2.75, 3.05) is 19.6 Å². The Morgan fingerprint density at radius 3 is 2.89 bits per heavy atom. The van der Waals surface area contributed by atoms with E-state index in [4.69, 9.17) is 0 Å². The van der Waals surface area contributed by atoms with Crippen molar-refractivity contribution in [3.8, 4) is 0 Å². The predicted octanol–water partition coefficient (Wildman–Crippen LogP) is 2.41. The molecule has 2 saturated heterocycles. The van der Waals surface area contributed by atoms with E-state index in [2.05, 4.69) is 24.1 Å². The first-order valence-electron chi connectivity index (χ1n) is 7.78. The van der Waals surface area contributed by atoms with Gasteiger partial charge in [-0.05, 0) is 38.1 Å². The van der Waals surface area contributed by atoms with E-state index in [0.717, 1.165) is 32.5 Å². The van der Waals surface area contributed by atoms with E-state index in [9.17, 15) is 4.79 Å². The molecule has 2 aliphatic rings. The normalized spacial score (nSPS) is 29.1. The lowest BCUT2D eigenvalue weighted by Crippen LogP contribution is -2.41. The maximum atomic E-state index is 12.5. The minimum atomic E-state index is 0.269. The van der Waals surface area contributed by atoms with Crippen LogP contribution in [0.3, 0.4) is 0 Å². The summed E-state index contributed by atoms with van der Waals surface area (Å²) in [6.07, 6.45) is 7.02. The number of nitrogens with zero attached hydrogens (tertiary/aromatic N) is 1. The summed E-state index contributed by atoms with van der Waals surface area (Å²) in [5, 5.41) is 3.57. The van der Waals surface area contributed by atoms with E-state index < -0.39 is 0 Å². The summed E-state index contributed by atoms with van der Waals surface area (Å²) in [7, 11) is 0. The van der Waals surface area contributed by atoms with Crippen LogP contribution in [0.1, 0.15) is 52.4 Å². The Labute approximate surface area is 111 Å². The summed E-state index contributed by atoms with van der Waals surface area (Å²) in [4.78, 5) is 14.7. The molecule has 104 valence electrons. The molecule has 0 saturated carbocycles. The second-order valence-electron chi connectivity index (χ2n) is 5.95. The van der Waals surface area contributed by atoms with Gasteiger partial charge in [0, 0.05) is 25.0 Å². The van der Waals surface area contributed by atoms with Crippen LogP contribution in [0.5, 0.6) is 0 Å². The van der Waals surface area contributed by atoms with E-state index in [-0.39, 0.29) is 5.92 Å². The van der Waals surface area contributed by atoms with Gasteiger partial charge in [0.25, 0.3) is 0 Å². The van der Waals surface area contributed by atoms with Crippen molar-refractivity contribution in [1.29, 1.82) is 0 Å². The van der Waals surface area contributed by atoms with Gasteiger partial charge in [0.15, 0.2) is 0 Å². The third-order valence-corrected chi connectivity index (χ3v) is 4.66. The Bertz CT molecular complexity index is 266. The van der Waals surface area contributed by atoms with E-state index in [1.54, 1.807) is 0 Å². The second kappa shape index (κ2) is 6.55. The molecule has 3 nitrogen and oxygen atoms in total. The van der Waals surface area contributed by atoms with Crippen molar-refractivity contribution in [3.05, 3.63) is 0 Å². The summed E-state index contributed by atoms with van der Waals surface area (Å²) in [5.74, 6) is 1.40. The summed E-state index contributed by atoms with van der Waals surface area (Å²) < 4.78 is 0. The molecule has 0 bridgehead atoms. The van der Waals surface area contributed by atoms with Gasteiger partial charge in [0.2, 0.25) is 5.91 Å². The number of amides is 1. The average Bonchev–Trinajstić information content (AvgIpc) is 2.83. The van der Waals surface area contributed by atoms with Crippen LogP contribution in [0.15, 0.2) is 0 Å². The molecule has 2 rings (SSSR count). The number of rotatable bonds is 5. The fourth-order valence-corrected chi connectivity index (χ4v) is 3.44. The highest BCUT2D eigenvalue weighted by Crippen LogP contribution is 2.27. The van der Waals surface area contributed by atoms with Gasteiger partial charge in [0.05, 0.1) is 0 Å². The van der Waals surface area contributed by atoms with Crippen LogP contribution in [-0.2, 0) is 4.79 Å². The third kappa shape index (κ3) is 3.05. The van der Waals surface area contributed by atoms with Gasteiger partial charge in [-0.3, -0.25) is 4.79 Å². The number of fused-ring (bicyclic) bond motifs is 1. The van der Waals surface area contributed by atoms with Crippen molar-refractivity contribution in [3.63, 3.8) is 0 Å². The molecule has 0 aromatic rings. The number of piperidine rings is 1. The highest BCUT2D eigenvalue weighted by molar-refractivity contribution is 5.79. The maximum Gasteiger partial charge on any atom is 0.225 e. The standard InChI is InChI=1S/C15H28N2O/c1-3-5-7-12(4-2)15(18)17-10-13-8-6-9-16-14(13)11-17/h12-14,16H,3-11H2,1-2H3. The summed E-state index contributed by atoms with van der Waals surface area (Å²) in [5.41, 5.74) is 0. The van der Waals surface area contributed by atoms with Gasteiger partial charge >= 0.3 is 0 Å². The minimum Gasteiger partial charge on any atom is -0.341 e. The first kappa shape index (κ1) is 13.9. The van der Waals surface area contributed by atoms with E-state index >= 15 is 0 Å². The molecule has 3 atom stereocenters. The molecule has 3 heteroatoms. The van der Waals surface area contributed by atoms with Crippen LogP contribution in [0.2, 0.25) is 0 Å². The second-order valence-corrected chi connectivity index (χ2v) is 5.95. The van der Waals surface area contributed by atoms with Gasteiger partial charge in [-0.2, -0.15) is 0 Å². The van der Waals surface area contributed by atoms with Crippen LogP contribution in [0.4, 0.5) is 0 Å². The Kier molecular flexibility index (Phi) is 5.04. The lowest BCUT2D eigenvalue weighted by Gasteiger charge is -2.24. The molecule has 0 spiro atoms. The van der Waals surface area contributed by atoms with E-state index in [1.165, 1.54) is 25.7 Å². The first-order chi connectivity index (χ1) is 8.76. The minimum absolute atomic E-state index is 0.269. The van der Waals surface area contributed by atoms with Crippen LogP contribution in [-0.4, -0.2) is 36.5 Å². The third-order valence-electron chi connectivity index (χ3n) is 4.66. The fraction of sp³-hybridized carbons (Fsp3) is 0.933. The Balaban J connectivity index is 1.88. The SMILES string of the molecule is CCCCC(CC)C(=O)N1CC2CCCNC2C1.